The lowest BCUT2D eigenvalue weighted by Crippen LogP contribution is -2.29. The first-order valence-electron chi connectivity index (χ1n) is 11.3. The maximum absolute atomic E-state index is 12.8. The second-order valence-electron chi connectivity index (χ2n) is 8.00. The Morgan fingerprint density at radius 2 is 1.50 bits per heavy atom. The van der Waals surface area contributed by atoms with Gasteiger partial charge in [0, 0.05) is 12.0 Å². The molecule has 3 rings (SSSR count). The molecule has 0 saturated heterocycles. The summed E-state index contributed by atoms with van der Waals surface area (Å²) < 4.78 is 0. The molecule has 0 spiro atoms. The SMILES string of the molecule is CCCCCCCCCC(=O)NC(c1ccccc1)c1c(O)ccc2ccccc12. The molecule has 3 heteroatoms. The molecule has 1 atom stereocenters. The van der Waals surface area contributed by atoms with Gasteiger partial charge in [-0.2, -0.15) is 0 Å². The Morgan fingerprint density at radius 3 is 2.27 bits per heavy atom. The van der Waals surface area contributed by atoms with E-state index in [9.17, 15) is 9.90 Å². The van der Waals surface area contributed by atoms with Gasteiger partial charge in [-0.05, 0) is 28.8 Å². The van der Waals surface area contributed by atoms with Crippen molar-refractivity contribution in [3.05, 3.63) is 77.9 Å². The number of rotatable bonds is 11. The lowest BCUT2D eigenvalue weighted by Gasteiger charge is -2.22. The van der Waals surface area contributed by atoms with Crippen LogP contribution in [0.4, 0.5) is 0 Å². The summed E-state index contributed by atoms with van der Waals surface area (Å²) in [5.41, 5.74) is 1.73. The fraction of sp³-hybridized carbons (Fsp3) is 0.370. The van der Waals surface area contributed by atoms with E-state index in [2.05, 4.69) is 12.2 Å². The van der Waals surface area contributed by atoms with Gasteiger partial charge in [0.1, 0.15) is 5.75 Å². The van der Waals surface area contributed by atoms with Crippen molar-refractivity contribution in [1.29, 1.82) is 0 Å². The molecule has 30 heavy (non-hydrogen) atoms. The quantitative estimate of drug-likeness (QED) is 0.342. The normalized spacial score (nSPS) is 12.0. The maximum atomic E-state index is 12.8. The molecule has 2 N–H and O–H groups in total. The minimum Gasteiger partial charge on any atom is -0.508 e. The van der Waals surface area contributed by atoms with E-state index in [1.165, 1.54) is 32.1 Å². The Bertz CT molecular complexity index is 936. The third-order valence-corrected chi connectivity index (χ3v) is 5.68. The number of aromatic hydroxyl groups is 1. The average molecular weight is 404 g/mol. The van der Waals surface area contributed by atoms with Crippen LogP contribution in [0.5, 0.6) is 5.75 Å². The fourth-order valence-electron chi connectivity index (χ4n) is 4.03. The Balaban J connectivity index is 1.74. The van der Waals surface area contributed by atoms with Gasteiger partial charge in [0.25, 0.3) is 0 Å². The lowest BCUT2D eigenvalue weighted by atomic mass is 9.92. The van der Waals surface area contributed by atoms with Crippen LogP contribution < -0.4 is 5.32 Å². The number of benzene rings is 3. The topological polar surface area (TPSA) is 49.3 Å². The highest BCUT2D eigenvalue weighted by atomic mass is 16.3. The van der Waals surface area contributed by atoms with E-state index in [1.54, 1.807) is 6.07 Å². The largest absolute Gasteiger partial charge is 0.508 e. The minimum absolute atomic E-state index is 0.0322. The molecule has 0 saturated carbocycles. The third kappa shape index (κ3) is 5.85. The maximum Gasteiger partial charge on any atom is 0.220 e. The van der Waals surface area contributed by atoms with Crippen molar-refractivity contribution in [3.8, 4) is 5.75 Å². The Hall–Kier alpha value is -2.81. The van der Waals surface area contributed by atoms with Crippen molar-refractivity contribution < 1.29 is 9.90 Å². The number of phenolic OH excluding ortho intramolecular Hbond substituents is 1. The lowest BCUT2D eigenvalue weighted by molar-refractivity contribution is -0.121. The van der Waals surface area contributed by atoms with E-state index in [4.69, 9.17) is 0 Å². The summed E-state index contributed by atoms with van der Waals surface area (Å²) in [5.74, 6) is 0.239. The van der Waals surface area contributed by atoms with Crippen LogP contribution in [0.3, 0.4) is 0 Å². The van der Waals surface area contributed by atoms with Gasteiger partial charge < -0.3 is 10.4 Å². The zero-order valence-corrected chi connectivity index (χ0v) is 17.9. The minimum atomic E-state index is -0.380. The number of phenols is 1. The molecule has 0 aliphatic rings. The number of fused-ring (bicyclic) bond motifs is 1. The number of hydrogen-bond acceptors (Lipinski definition) is 2. The summed E-state index contributed by atoms with van der Waals surface area (Å²) in [6.07, 6.45) is 8.80. The average Bonchev–Trinajstić information content (AvgIpc) is 2.78. The van der Waals surface area contributed by atoms with Gasteiger partial charge in [-0.3, -0.25) is 4.79 Å². The summed E-state index contributed by atoms with van der Waals surface area (Å²) in [6, 6.07) is 21.1. The van der Waals surface area contributed by atoms with Crippen LogP contribution in [0.25, 0.3) is 10.8 Å². The van der Waals surface area contributed by atoms with Gasteiger partial charge in [-0.15, -0.1) is 0 Å². The van der Waals surface area contributed by atoms with Crippen molar-refractivity contribution in [2.24, 2.45) is 0 Å². The molecule has 3 aromatic carbocycles. The first kappa shape index (κ1) is 21.9. The molecule has 0 aromatic heterocycles. The number of unbranched alkanes of at least 4 members (excludes halogenated alkanes) is 6. The van der Waals surface area contributed by atoms with Crippen LogP contribution in [0.2, 0.25) is 0 Å². The highest BCUT2D eigenvalue weighted by Gasteiger charge is 2.22. The van der Waals surface area contributed by atoms with Crippen LogP contribution in [0, 0.1) is 0 Å². The summed E-state index contributed by atoms with van der Waals surface area (Å²) in [5, 5.41) is 15.9. The zero-order valence-electron chi connectivity index (χ0n) is 17.9. The molecule has 158 valence electrons. The molecule has 0 radical (unpaired) electrons. The fourth-order valence-corrected chi connectivity index (χ4v) is 4.03. The second kappa shape index (κ2) is 11.4. The third-order valence-electron chi connectivity index (χ3n) is 5.68. The van der Waals surface area contributed by atoms with Gasteiger partial charge in [-0.1, -0.05) is 106 Å². The van der Waals surface area contributed by atoms with E-state index >= 15 is 0 Å². The molecule has 0 aliphatic carbocycles. The van der Waals surface area contributed by atoms with Crippen LogP contribution in [0.1, 0.15) is 75.5 Å². The summed E-state index contributed by atoms with van der Waals surface area (Å²) >= 11 is 0. The number of carbonyl (C=O) groups is 1. The molecule has 1 amide bonds. The smallest absolute Gasteiger partial charge is 0.220 e. The molecule has 0 fully saturated rings. The molecule has 0 bridgehead atoms. The van der Waals surface area contributed by atoms with E-state index in [0.717, 1.165) is 34.7 Å². The predicted octanol–water partition coefficient (Wildman–Crippen LogP) is 6.89. The molecular weight excluding hydrogens is 370 g/mol. The van der Waals surface area contributed by atoms with Gasteiger partial charge in [-0.25, -0.2) is 0 Å². The van der Waals surface area contributed by atoms with Crippen LogP contribution >= 0.6 is 0 Å². The molecule has 0 aliphatic heterocycles. The van der Waals surface area contributed by atoms with Crippen molar-refractivity contribution in [1.82, 2.24) is 5.32 Å². The van der Waals surface area contributed by atoms with Crippen molar-refractivity contribution in [2.75, 3.05) is 0 Å². The summed E-state index contributed by atoms with van der Waals surface area (Å²) in [6.45, 7) is 2.22. The van der Waals surface area contributed by atoms with Crippen LogP contribution in [-0.2, 0) is 4.79 Å². The Morgan fingerprint density at radius 1 is 0.833 bits per heavy atom. The van der Waals surface area contributed by atoms with Crippen molar-refractivity contribution in [3.63, 3.8) is 0 Å². The van der Waals surface area contributed by atoms with Crippen molar-refractivity contribution >= 4 is 16.7 Å². The number of hydrogen-bond donors (Lipinski definition) is 2. The van der Waals surface area contributed by atoms with E-state index in [0.29, 0.717) is 6.42 Å². The van der Waals surface area contributed by atoms with E-state index in [-0.39, 0.29) is 17.7 Å². The predicted molar refractivity (Wildman–Crippen MR) is 125 cm³/mol. The molecular formula is C27H33NO2. The molecule has 3 aromatic rings. The Kier molecular flexibility index (Phi) is 8.31. The number of amides is 1. The molecule has 0 heterocycles. The van der Waals surface area contributed by atoms with Gasteiger partial charge >= 0.3 is 0 Å². The number of carbonyl (C=O) groups excluding carboxylic acids is 1. The zero-order chi connectivity index (χ0) is 21.2. The Labute approximate surface area is 180 Å². The van der Waals surface area contributed by atoms with E-state index in [1.807, 2.05) is 60.7 Å². The molecule has 3 nitrogen and oxygen atoms in total. The van der Waals surface area contributed by atoms with Gasteiger partial charge in [0.15, 0.2) is 0 Å². The first-order chi connectivity index (χ1) is 14.7. The molecule has 1 unspecified atom stereocenters. The van der Waals surface area contributed by atoms with Crippen molar-refractivity contribution in [2.45, 2.75) is 64.3 Å². The highest BCUT2D eigenvalue weighted by molar-refractivity contribution is 5.89. The van der Waals surface area contributed by atoms with Gasteiger partial charge in [0.05, 0.1) is 6.04 Å². The van der Waals surface area contributed by atoms with Gasteiger partial charge in [0.2, 0.25) is 5.91 Å². The standard InChI is InChI=1S/C27H33NO2/c1-2-3-4-5-6-7-11-18-25(30)28-27(22-15-9-8-10-16-22)26-23-17-13-12-14-21(23)19-20-24(26)29/h8-10,12-17,19-20,27,29H,2-7,11,18H2,1H3,(H,28,30). The first-order valence-corrected chi connectivity index (χ1v) is 11.3. The highest BCUT2D eigenvalue weighted by Crippen LogP contribution is 2.35. The number of nitrogens with one attached hydrogen (secondary N) is 1. The monoisotopic (exact) mass is 403 g/mol. The summed E-state index contributed by atoms with van der Waals surface area (Å²) in [7, 11) is 0. The summed E-state index contributed by atoms with van der Waals surface area (Å²) in [4.78, 5) is 12.8. The van der Waals surface area contributed by atoms with Crippen LogP contribution in [0.15, 0.2) is 66.7 Å². The van der Waals surface area contributed by atoms with Crippen LogP contribution in [-0.4, -0.2) is 11.0 Å². The second-order valence-corrected chi connectivity index (χ2v) is 8.00. The van der Waals surface area contributed by atoms with E-state index < -0.39 is 0 Å².